The Morgan fingerprint density at radius 1 is 1.12 bits per heavy atom. The number of aliphatic imine (C=N–C) groups is 1. The molecule has 0 aliphatic carbocycles. The number of carboxylic acid groups (broad SMARTS) is 1. The predicted molar refractivity (Wildman–Crippen MR) is 122 cm³/mol. The molecule has 1 amide bonds. The highest BCUT2D eigenvalue weighted by Crippen LogP contribution is 2.29. The Morgan fingerprint density at radius 3 is 2.59 bits per heavy atom. The van der Waals surface area contributed by atoms with Crippen molar-refractivity contribution in [1.29, 1.82) is 0 Å². The topological polar surface area (TPSA) is 131 Å². The third-order valence-corrected chi connectivity index (χ3v) is 5.54. The average molecular weight is 439 g/mol. The Morgan fingerprint density at radius 2 is 1.88 bits per heavy atom. The number of aryl methyl sites for hydroxylation is 1. The van der Waals surface area contributed by atoms with E-state index in [1.165, 1.54) is 5.56 Å². The van der Waals surface area contributed by atoms with E-state index < -0.39 is 11.9 Å². The molecule has 1 aliphatic rings. The number of carboxylic acids is 1. The van der Waals surface area contributed by atoms with Gasteiger partial charge in [-0.15, -0.1) is 0 Å². The maximum Gasteiger partial charge on any atom is 0.304 e. The van der Waals surface area contributed by atoms with Crippen LogP contribution in [0.1, 0.15) is 30.4 Å². The lowest BCUT2D eigenvalue weighted by atomic mass is 10.0. The fourth-order valence-electron chi connectivity index (χ4n) is 4.01. The van der Waals surface area contributed by atoms with E-state index in [4.69, 9.17) is 16.2 Å². The van der Waals surface area contributed by atoms with Crippen LogP contribution in [0.15, 0.2) is 59.6 Å². The molecule has 1 aliphatic heterocycles. The van der Waals surface area contributed by atoms with Crippen LogP contribution in [0.5, 0.6) is 5.75 Å². The van der Waals surface area contributed by atoms with Gasteiger partial charge in [-0.1, -0.05) is 42.5 Å². The number of hydrogen-bond donors (Lipinski definition) is 3. The number of carbonyl (C=O) groups excluding carboxylic acids is 1. The monoisotopic (exact) mass is 438 g/mol. The number of amides is 1. The lowest BCUT2D eigenvalue weighted by Gasteiger charge is -2.25. The Bertz CT molecular complexity index is 944. The summed E-state index contributed by atoms with van der Waals surface area (Å²) in [6.45, 7) is 1.23. The second-order valence-corrected chi connectivity index (χ2v) is 8.00. The summed E-state index contributed by atoms with van der Waals surface area (Å²) in [5.74, 6) is -0.883. The standard InChI is InChI=1S/C24H30N4O4/c25-24(26)27-15-18-8-4-10-21(12-18)32-16-20-13-19(14-22(29)30)23(31)28(20)11-5-9-17-6-2-1-3-7-17/h1-4,6-8,10,12,19-20H,5,9,11,13-16H2,(H,29,30)(H4,25,26,27)/t19-,20-/m0/s1. The number of aliphatic carboxylic acids is 1. The summed E-state index contributed by atoms with van der Waals surface area (Å²) in [5, 5.41) is 9.19. The van der Waals surface area contributed by atoms with Gasteiger partial charge < -0.3 is 26.2 Å². The maximum atomic E-state index is 12.9. The molecule has 2 aromatic rings. The van der Waals surface area contributed by atoms with Gasteiger partial charge in [0, 0.05) is 6.54 Å². The molecule has 2 aromatic carbocycles. The van der Waals surface area contributed by atoms with Crippen LogP contribution in [0.4, 0.5) is 0 Å². The highest BCUT2D eigenvalue weighted by Gasteiger charge is 2.40. The molecule has 0 unspecified atom stereocenters. The minimum Gasteiger partial charge on any atom is -0.491 e. The first-order chi connectivity index (χ1) is 15.4. The molecule has 0 bridgehead atoms. The van der Waals surface area contributed by atoms with Crippen molar-refractivity contribution >= 4 is 17.8 Å². The van der Waals surface area contributed by atoms with E-state index in [-0.39, 0.29) is 24.3 Å². The fourth-order valence-corrected chi connectivity index (χ4v) is 4.01. The van der Waals surface area contributed by atoms with Gasteiger partial charge in [0.05, 0.1) is 24.9 Å². The quantitative estimate of drug-likeness (QED) is 0.364. The van der Waals surface area contributed by atoms with Crippen LogP contribution in [0.25, 0.3) is 0 Å². The van der Waals surface area contributed by atoms with E-state index in [0.29, 0.717) is 31.9 Å². The van der Waals surface area contributed by atoms with E-state index in [9.17, 15) is 14.7 Å². The van der Waals surface area contributed by atoms with E-state index in [1.54, 1.807) is 4.90 Å². The zero-order valence-corrected chi connectivity index (χ0v) is 18.0. The lowest BCUT2D eigenvalue weighted by molar-refractivity contribution is -0.142. The fraction of sp³-hybridized carbons (Fsp3) is 0.375. The normalized spacial score (nSPS) is 17.9. The van der Waals surface area contributed by atoms with Crippen LogP contribution >= 0.6 is 0 Å². The molecule has 1 saturated heterocycles. The number of benzene rings is 2. The Kier molecular flexibility index (Phi) is 8.08. The molecule has 0 aromatic heterocycles. The molecule has 8 nitrogen and oxygen atoms in total. The number of likely N-dealkylation sites (tertiary alicyclic amines) is 1. The molecule has 1 fully saturated rings. The lowest BCUT2D eigenvalue weighted by Crippen LogP contribution is -2.38. The van der Waals surface area contributed by atoms with Crippen LogP contribution in [0.3, 0.4) is 0 Å². The SMILES string of the molecule is NC(N)=NCc1cccc(OC[C@@H]2C[C@@H](CC(=O)O)C(=O)N2CCCc2ccccc2)c1. The first kappa shape index (κ1) is 23.1. The van der Waals surface area contributed by atoms with Gasteiger partial charge in [-0.05, 0) is 42.5 Å². The van der Waals surface area contributed by atoms with Crippen molar-refractivity contribution in [3.8, 4) is 5.75 Å². The molecule has 1 heterocycles. The van der Waals surface area contributed by atoms with Crippen LogP contribution in [-0.2, 0) is 22.6 Å². The molecular weight excluding hydrogens is 408 g/mol. The smallest absolute Gasteiger partial charge is 0.304 e. The molecular formula is C24H30N4O4. The molecule has 0 saturated carbocycles. The van der Waals surface area contributed by atoms with E-state index in [1.807, 2.05) is 42.5 Å². The van der Waals surface area contributed by atoms with Gasteiger partial charge in [0.25, 0.3) is 0 Å². The first-order valence-electron chi connectivity index (χ1n) is 10.8. The third-order valence-electron chi connectivity index (χ3n) is 5.54. The zero-order chi connectivity index (χ0) is 22.9. The third kappa shape index (κ3) is 6.73. The number of hydrogen-bond acceptors (Lipinski definition) is 4. The molecule has 5 N–H and O–H groups in total. The Labute approximate surface area is 187 Å². The van der Waals surface area contributed by atoms with E-state index in [0.717, 1.165) is 18.4 Å². The van der Waals surface area contributed by atoms with Crippen molar-refractivity contribution in [3.05, 3.63) is 65.7 Å². The van der Waals surface area contributed by atoms with Gasteiger partial charge in [0.1, 0.15) is 12.4 Å². The molecule has 2 atom stereocenters. The summed E-state index contributed by atoms with van der Waals surface area (Å²) in [6, 6.07) is 17.4. The summed E-state index contributed by atoms with van der Waals surface area (Å²) >= 11 is 0. The van der Waals surface area contributed by atoms with Crippen molar-refractivity contribution in [3.63, 3.8) is 0 Å². The van der Waals surface area contributed by atoms with Crippen molar-refractivity contribution in [2.75, 3.05) is 13.2 Å². The highest BCUT2D eigenvalue weighted by molar-refractivity contribution is 5.85. The van der Waals surface area contributed by atoms with Gasteiger partial charge in [0.2, 0.25) is 5.91 Å². The largest absolute Gasteiger partial charge is 0.491 e. The van der Waals surface area contributed by atoms with Crippen molar-refractivity contribution in [1.82, 2.24) is 4.90 Å². The van der Waals surface area contributed by atoms with Gasteiger partial charge in [-0.2, -0.15) is 0 Å². The minimum absolute atomic E-state index is 0.0245. The van der Waals surface area contributed by atoms with E-state index in [2.05, 4.69) is 17.1 Å². The maximum absolute atomic E-state index is 12.9. The Hall–Kier alpha value is -3.55. The molecule has 8 heteroatoms. The summed E-state index contributed by atoms with van der Waals surface area (Å²) in [7, 11) is 0. The van der Waals surface area contributed by atoms with Crippen molar-refractivity contribution in [2.24, 2.45) is 22.4 Å². The number of nitrogens with zero attached hydrogens (tertiary/aromatic N) is 2. The predicted octanol–water partition coefficient (Wildman–Crippen LogP) is 2.16. The second kappa shape index (κ2) is 11.2. The first-order valence-corrected chi connectivity index (χ1v) is 10.8. The minimum atomic E-state index is -0.957. The number of guanidine groups is 1. The number of carbonyl (C=O) groups is 2. The van der Waals surface area contributed by atoms with E-state index >= 15 is 0 Å². The summed E-state index contributed by atoms with van der Waals surface area (Å²) < 4.78 is 5.98. The summed E-state index contributed by atoms with van der Waals surface area (Å²) in [4.78, 5) is 29.9. The highest BCUT2D eigenvalue weighted by atomic mass is 16.5. The van der Waals surface area contributed by atoms with Gasteiger partial charge in [-0.25, -0.2) is 4.99 Å². The van der Waals surface area contributed by atoms with Crippen LogP contribution < -0.4 is 16.2 Å². The van der Waals surface area contributed by atoms with Gasteiger partial charge >= 0.3 is 5.97 Å². The summed E-state index contributed by atoms with van der Waals surface area (Å²) in [6.07, 6.45) is 1.98. The number of ether oxygens (including phenoxy) is 1. The number of rotatable bonds is 11. The van der Waals surface area contributed by atoms with Crippen molar-refractivity contribution < 1.29 is 19.4 Å². The van der Waals surface area contributed by atoms with Gasteiger partial charge in [0.15, 0.2) is 5.96 Å². The second-order valence-electron chi connectivity index (χ2n) is 8.00. The van der Waals surface area contributed by atoms with Crippen molar-refractivity contribution in [2.45, 2.75) is 38.3 Å². The molecule has 32 heavy (non-hydrogen) atoms. The van der Waals surface area contributed by atoms with Crippen LogP contribution in [0.2, 0.25) is 0 Å². The molecule has 0 spiro atoms. The molecule has 0 radical (unpaired) electrons. The average Bonchev–Trinajstić information content (AvgIpc) is 3.06. The zero-order valence-electron chi connectivity index (χ0n) is 18.0. The molecule has 170 valence electrons. The summed E-state index contributed by atoms with van der Waals surface area (Å²) in [5.41, 5.74) is 12.9. The number of nitrogens with two attached hydrogens (primary N) is 2. The Balaban J connectivity index is 1.62. The van der Waals surface area contributed by atoms with Gasteiger partial charge in [-0.3, -0.25) is 9.59 Å². The van der Waals surface area contributed by atoms with Crippen LogP contribution in [0, 0.1) is 5.92 Å². The van der Waals surface area contributed by atoms with Crippen LogP contribution in [-0.4, -0.2) is 47.0 Å². The molecule has 3 rings (SSSR count).